The van der Waals surface area contributed by atoms with E-state index < -0.39 is 0 Å². The van der Waals surface area contributed by atoms with Crippen molar-refractivity contribution < 1.29 is 5.11 Å². The van der Waals surface area contributed by atoms with E-state index in [-0.39, 0.29) is 11.5 Å². The van der Waals surface area contributed by atoms with Gasteiger partial charge in [0.1, 0.15) is 0 Å². The van der Waals surface area contributed by atoms with Crippen LogP contribution in [0, 0.1) is 22.7 Å². The number of hydrogen-bond acceptors (Lipinski definition) is 1. The lowest BCUT2D eigenvalue weighted by molar-refractivity contribution is -0.0688. The molecule has 0 heterocycles. The molecule has 2 fully saturated rings. The van der Waals surface area contributed by atoms with E-state index in [9.17, 15) is 5.11 Å². The summed E-state index contributed by atoms with van der Waals surface area (Å²) in [5, 5.41) is 10.5. The summed E-state index contributed by atoms with van der Waals surface area (Å²) in [5.41, 5.74) is 1.97. The highest BCUT2D eigenvalue weighted by molar-refractivity contribution is 5.14. The van der Waals surface area contributed by atoms with E-state index >= 15 is 0 Å². The molecule has 0 spiro atoms. The molecule has 0 saturated heterocycles. The van der Waals surface area contributed by atoms with Gasteiger partial charge in [0.25, 0.3) is 0 Å². The second-order valence-corrected chi connectivity index (χ2v) is 7.70. The van der Waals surface area contributed by atoms with E-state index in [4.69, 9.17) is 0 Å². The van der Waals surface area contributed by atoms with Crippen molar-refractivity contribution in [2.75, 3.05) is 0 Å². The molecule has 0 aromatic carbocycles. The van der Waals surface area contributed by atoms with Gasteiger partial charge in [0.15, 0.2) is 0 Å². The van der Waals surface area contributed by atoms with Crippen LogP contribution < -0.4 is 0 Å². The summed E-state index contributed by atoms with van der Waals surface area (Å²) in [4.78, 5) is 0. The quantitative estimate of drug-likeness (QED) is 0.626. The second kappa shape index (κ2) is 4.12. The molecule has 0 aromatic rings. The first-order chi connectivity index (χ1) is 7.74. The van der Waals surface area contributed by atoms with E-state index in [1.807, 2.05) is 0 Å². The van der Waals surface area contributed by atoms with Crippen molar-refractivity contribution in [1.82, 2.24) is 0 Å². The van der Waals surface area contributed by atoms with Crippen LogP contribution in [0.3, 0.4) is 0 Å². The highest BCUT2D eigenvalue weighted by Gasteiger charge is 2.49. The number of rotatable bonds is 0. The van der Waals surface area contributed by atoms with Crippen LogP contribution in [-0.4, -0.2) is 11.2 Å². The minimum absolute atomic E-state index is 0.123. The molecule has 0 aliphatic heterocycles. The van der Waals surface area contributed by atoms with E-state index in [2.05, 4.69) is 34.3 Å². The summed E-state index contributed by atoms with van der Waals surface area (Å²) in [6.45, 7) is 13.4. The van der Waals surface area contributed by atoms with Gasteiger partial charge < -0.3 is 5.11 Å². The highest BCUT2D eigenvalue weighted by atomic mass is 16.3. The summed E-state index contributed by atoms with van der Waals surface area (Å²) in [6, 6.07) is 0. The van der Waals surface area contributed by atoms with E-state index in [0.29, 0.717) is 17.3 Å². The molecule has 0 bridgehead atoms. The van der Waals surface area contributed by atoms with Crippen LogP contribution in [0.4, 0.5) is 0 Å². The van der Waals surface area contributed by atoms with Crippen molar-refractivity contribution in [3.63, 3.8) is 0 Å². The predicted molar refractivity (Wildman–Crippen MR) is 72.8 cm³/mol. The van der Waals surface area contributed by atoms with Gasteiger partial charge in [-0.05, 0) is 54.8 Å². The molecular formula is C16H28O. The zero-order valence-corrected chi connectivity index (χ0v) is 11.9. The monoisotopic (exact) mass is 236 g/mol. The van der Waals surface area contributed by atoms with E-state index in [1.54, 1.807) is 0 Å². The Morgan fingerprint density at radius 3 is 2.59 bits per heavy atom. The Labute approximate surface area is 106 Å². The smallest absolute Gasteiger partial charge is 0.0579 e. The summed E-state index contributed by atoms with van der Waals surface area (Å²) in [7, 11) is 0. The first-order valence-electron chi connectivity index (χ1n) is 7.10. The van der Waals surface area contributed by atoms with Crippen LogP contribution in [0.5, 0.6) is 0 Å². The number of allylic oxidation sites excluding steroid dienone is 1. The average molecular weight is 236 g/mol. The molecule has 2 aliphatic rings. The molecule has 1 heteroatoms. The van der Waals surface area contributed by atoms with Gasteiger partial charge in [-0.25, -0.2) is 0 Å². The molecule has 98 valence electrons. The molecule has 0 amide bonds. The molecule has 4 atom stereocenters. The lowest BCUT2D eigenvalue weighted by atomic mass is 9.53. The largest absolute Gasteiger partial charge is 0.393 e. The lowest BCUT2D eigenvalue weighted by Gasteiger charge is -2.53. The van der Waals surface area contributed by atoms with Crippen LogP contribution in [0.2, 0.25) is 0 Å². The van der Waals surface area contributed by atoms with Crippen LogP contribution >= 0.6 is 0 Å². The first-order valence-corrected chi connectivity index (χ1v) is 7.10. The Balaban J connectivity index is 2.23. The van der Waals surface area contributed by atoms with Crippen LogP contribution in [0.15, 0.2) is 12.2 Å². The van der Waals surface area contributed by atoms with Gasteiger partial charge in [-0.3, -0.25) is 0 Å². The Morgan fingerprint density at radius 2 is 2.00 bits per heavy atom. The Kier molecular flexibility index (Phi) is 3.18. The Bertz CT molecular complexity index is 312. The SMILES string of the molecule is C=C1CCCC2(C)CC(O)C(C(C)(C)C)CC12. The molecule has 0 radical (unpaired) electrons. The Morgan fingerprint density at radius 1 is 1.35 bits per heavy atom. The summed E-state index contributed by atoms with van der Waals surface area (Å²) in [6.07, 6.45) is 5.72. The van der Waals surface area contributed by atoms with Gasteiger partial charge in [-0.1, -0.05) is 39.8 Å². The minimum Gasteiger partial charge on any atom is -0.393 e. The molecule has 17 heavy (non-hydrogen) atoms. The molecule has 0 aromatic heterocycles. The lowest BCUT2D eigenvalue weighted by Crippen LogP contribution is -2.48. The fourth-order valence-corrected chi connectivity index (χ4v) is 4.22. The van der Waals surface area contributed by atoms with Gasteiger partial charge in [-0.15, -0.1) is 0 Å². The predicted octanol–water partition coefficient (Wildman–Crippen LogP) is 4.17. The Hall–Kier alpha value is -0.300. The molecule has 2 aliphatic carbocycles. The van der Waals surface area contributed by atoms with Crippen molar-refractivity contribution in [2.45, 2.75) is 65.9 Å². The van der Waals surface area contributed by atoms with Gasteiger partial charge in [0.2, 0.25) is 0 Å². The molecular weight excluding hydrogens is 208 g/mol. The highest BCUT2D eigenvalue weighted by Crippen LogP contribution is 2.56. The first kappa shape index (κ1) is 13.1. The summed E-state index contributed by atoms with van der Waals surface area (Å²) in [5.74, 6) is 1.07. The van der Waals surface area contributed by atoms with Gasteiger partial charge >= 0.3 is 0 Å². The van der Waals surface area contributed by atoms with Gasteiger partial charge in [0, 0.05) is 0 Å². The third-order valence-corrected chi connectivity index (χ3v) is 5.32. The third kappa shape index (κ3) is 2.31. The van der Waals surface area contributed by atoms with Crippen molar-refractivity contribution in [1.29, 1.82) is 0 Å². The normalized spacial score (nSPS) is 43.4. The van der Waals surface area contributed by atoms with Crippen LogP contribution in [0.25, 0.3) is 0 Å². The maximum Gasteiger partial charge on any atom is 0.0579 e. The maximum atomic E-state index is 10.5. The zero-order valence-electron chi connectivity index (χ0n) is 11.9. The number of fused-ring (bicyclic) bond motifs is 1. The number of aliphatic hydroxyl groups excluding tert-OH is 1. The molecule has 1 N–H and O–H groups in total. The van der Waals surface area contributed by atoms with E-state index in [0.717, 1.165) is 12.8 Å². The van der Waals surface area contributed by atoms with E-state index in [1.165, 1.54) is 24.8 Å². The van der Waals surface area contributed by atoms with Gasteiger partial charge in [-0.2, -0.15) is 0 Å². The maximum absolute atomic E-state index is 10.5. The van der Waals surface area contributed by atoms with Crippen molar-refractivity contribution in [3.8, 4) is 0 Å². The molecule has 2 saturated carbocycles. The molecule has 2 rings (SSSR count). The third-order valence-electron chi connectivity index (χ3n) is 5.32. The average Bonchev–Trinajstić information content (AvgIpc) is 2.13. The van der Waals surface area contributed by atoms with Crippen LogP contribution in [0.1, 0.15) is 59.8 Å². The zero-order chi connectivity index (χ0) is 12.8. The molecule has 4 unspecified atom stereocenters. The van der Waals surface area contributed by atoms with Crippen LogP contribution in [-0.2, 0) is 0 Å². The van der Waals surface area contributed by atoms with Crippen molar-refractivity contribution >= 4 is 0 Å². The van der Waals surface area contributed by atoms with Crippen molar-refractivity contribution in [2.24, 2.45) is 22.7 Å². The summed E-state index contributed by atoms with van der Waals surface area (Å²) < 4.78 is 0. The standard InChI is InChI=1S/C16H28O/c1-11-7-6-8-16(5)10-14(17)13(9-12(11)16)15(2,3)4/h12-14,17H,1,6-10H2,2-5H3. The minimum atomic E-state index is -0.123. The fraction of sp³-hybridized carbons (Fsp3) is 0.875. The van der Waals surface area contributed by atoms with Crippen molar-refractivity contribution in [3.05, 3.63) is 12.2 Å². The number of aliphatic hydroxyl groups is 1. The molecule has 1 nitrogen and oxygen atoms in total. The summed E-state index contributed by atoms with van der Waals surface area (Å²) >= 11 is 0. The van der Waals surface area contributed by atoms with Gasteiger partial charge in [0.05, 0.1) is 6.10 Å². The second-order valence-electron chi connectivity index (χ2n) is 7.70. The number of hydrogen-bond donors (Lipinski definition) is 1. The topological polar surface area (TPSA) is 20.2 Å². The fourth-order valence-electron chi connectivity index (χ4n) is 4.22.